The molecule has 1 aliphatic rings. The van der Waals surface area contributed by atoms with E-state index in [1.807, 2.05) is 18.2 Å². The third-order valence-electron chi connectivity index (χ3n) is 2.82. The number of carbonyl (C=O) groups excluding carboxylic acids is 1. The molecule has 0 unspecified atom stereocenters. The molecule has 1 aliphatic carbocycles. The van der Waals surface area contributed by atoms with Crippen molar-refractivity contribution in [1.82, 2.24) is 4.98 Å². The van der Waals surface area contributed by atoms with Gasteiger partial charge in [-0.15, -0.1) is 0 Å². The molecule has 1 saturated carbocycles. The second-order valence-electron chi connectivity index (χ2n) is 3.96. The third-order valence-corrected chi connectivity index (χ3v) is 2.82. The zero-order valence-electron chi connectivity index (χ0n) is 7.79. The monoisotopic (exact) mass is 185 g/mol. The fraction of sp³-hybridized carbons (Fsp3) is 0.250. The van der Waals surface area contributed by atoms with E-state index < -0.39 is 0 Å². The molecule has 0 aliphatic heterocycles. The quantitative estimate of drug-likeness (QED) is 0.717. The number of H-pyrrole nitrogens is 1. The molecule has 1 aromatic heterocycles. The Hall–Kier alpha value is -1.57. The Labute approximate surface area is 81.9 Å². The molecule has 1 N–H and O–H groups in total. The SMILES string of the molecule is O=Cc1ccc2[nH]c(C3CC3)cc2c1. The highest BCUT2D eigenvalue weighted by molar-refractivity contribution is 5.87. The number of hydrogen-bond donors (Lipinski definition) is 1. The largest absolute Gasteiger partial charge is 0.358 e. The van der Waals surface area contributed by atoms with Gasteiger partial charge in [0.2, 0.25) is 0 Å². The summed E-state index contributed by atoms with van der Waals surface area (Å²) in [5.74, 6) is 0.738. The van der Waals surface area contributed by atoms with Crippen LogP contribution in [-0.2, 0) is 0 Å². The summed E-state index contributed by atoms with van der Waals surface area (Å²) in [5, 5.41) is 1.15. The van der Waals surface area contributed by atoms with Crippen molar-refractivity contribution in [3.8, 4) is 0 Å². The van der Waals surface area contributed by atoms with Gasteiger partial charge in [0.05, 0.1) is 0 Å². The van der Waals surface area contributed by atoms with Crippen molar-refractivity contribution in [2.24, 2.45) is 0 Å². The van der Waals surface area contributed by atoms with Crippen molar-refractivity contribution in [2.45, 2.75) is 18.8 Å². The summed E-state index contributed by atoms with van der Waals surface area (Å²) in [6, 6.07) is 7.93. The summed E-state index contributed by atoms with van der Waals surface area (Å²) >= 11 is 0. The van der Waals surface area contributed by atoms with Crippen molar-refractivity contribution in [3.05, 3.63) is 35.5 Å². The standard InChI is InChI=1S/C12H11NO/c14-7-8-1-4-11-10(5-8)6-12(13-11)9-2-3-9/h1,4-7,9,13H,2-3H2. The normalized spacial score (nSPS) is 16.0. The molecule has 0 saturated heterocycles. The second-order valence-corrected chi connectivity index (χ2v) is 3.96. The van der Waals surface area contributed by atoms with Crippen molar-refractivity contribution >= 4 is 17.2 Å². The minimum absolute atomic E-state index is 0.738. The van der Waals surface area contributed by atoms with Crippen LogP contribution < -0.4 is 0 Å². The highest BCUT2D eigenvalue weighted by atomic mass is 16.1. The number of carbonyl (C=O) groups is 1. The van der Waals surface area contributed by atoms with Crippen LogP contribution in [0.4, 0.5) is 0 Å². The minimum atomic E-state index is 0.738. The first kappa shape index (κ1) is 7.80. The summed E-state index contributed by atoms with van der Waals surface area (Å²) in [7, 11) is 0. The van der Waals surface area contributed by atoms with Gasteiger partial charge >= 0.3 is 0 Å². The van der Waals surface area contributed by atoms with E-state index in [1.54, 1.807) is 0 Å². The number of nitrogens with one attached hydrogen (secondary N) is 1. The molecule has 0 spiro atoms. The lowest BCUT2D eigenvalue weighted by Crippen LogP contribution is -1.77. The Kier molecular flexibility index (Phi) is 1.51. The van der Waals surface area contributed by atoms with E-state index in [0.29, 0.717) is 0 Å². The van der Waals surface area contributed by atoms with Gasteiger partial charge in [-0.05, 0) is 43.0 Å². The van der Waals surface area contributed by atoms with Crippen molar-refractivity contribution in [2.75, 3.05) is 0 Å². The van der Waals surface area contributed by atoms with Gasteiger partial charge in [0.15, 0.2) is 0 Å². The van der Waals surface area contributed by atoms with Crippen LogP contribution in [0.1, 0.15) is 34.8 Å². The topological polar surface area (TPSA) is 32.9 Å². The van der Waals surface area contributed by atoms with Crippen LogP contribution in [-0.4, -0.2) is 11.3 Å². The van der Waals surface area contributed by atoms with E-state index in [0.717, 1.165) is 28.7 Å². The van der Waals surface area contributed by atoms with Crippen LogP contribution in [0.15, 0.2) is 24.3 Å². The van der Waals surface area contributed by atoms with E-state index in [2.05, 4.69) is 11.1 Å². The molecule has 2 aromatic rings. The average molecular weight is 185 g/mol. The molecule has 0 amide bonds. The van der Waals surface area contributed by atoms with Gasteiger partial charge in [-0.25, -0.2) is 0 Å². The predicted octanol–water partition coefficient (Wildman–Crippen LogP) is 2.86. The van der Waals surface area contributed by atoms with Crippen molar-refractivity contribution < 1.29 is 4.79 Å². The first-order chi connectivity index (χ1) is 6.86. The lowest BCUT2D eigenvalue weighted by atomic mass is 10.2. The lowest BCUT2D eigenvalue weighted by molar-refractivity contribution is 0.112. The van der Waals surface area contributed by atoms with Crippen LogP contribution in [0.3, 0.4) is 0 Å². The van der Waals surface area contributed by atoms with Crippen LogP contribution in [0.5, 0.6) is 0 Å². The maximum atomic E-state index is 10.6. The summed E-state index contributed by atoms with van der Waals surface area (Å²) in [4.78, 5) is 14.0. The predicted molar refractivity (Wildman–Crippen MR) is 55.7 cm³/mol. The Balaban J connectivity index is 2.17. The molecule has 70 valence electrons. The highest BCUT2D eigenvalue weighted by Crippen LogP contribution is 2.40. The summed E-state index contributed by atoms with van der Waals surface area (Å²) in [5.41, 5.74) is 3.21. The number of rotatable bonds is 2. The van der Waals surface area contributed by atoms with Gasteiger partial charge in [-0.3, -0.25) is 4.79 Å². The zero-order chi connectivity index (χ0) is 9.54. The molecule has 1 aromatic carbocycles. The van der Waals surface area contributed by atoms with E-state index in [-0.39, 0.29) is 0 Å². The van der Waals surface area contributed by atoms with Gasteiger partial charge in [0.1, 0.15) is 6.29 Å². The lowest BCUT2D eigenvalue weighted by Gasteiger charge is -1.90. The summed E-state index contributed by atoms with van der Waals surface area (Å²) in [6.07, 6.45) is 3.49. The molecule has 0 radical (unpaired) electrons. The molecule has 2 heteroatoms. The Bertz CT molecular complexity index is 494. The van der Waals surface area contributed by atoms with Crippen molar-refractivity contribution in [3.63, 3.8) is 0 Å². The van der Waals surface area contributed by atoms with Crippen LogP contribution in [0.25, 0.3) is 10.9 Å². The van der Waals surface area contributed by atoms with Gasteiger partial charge in [-0.2, -0.15) is 0 Å². The first-order valence-corrected chi connectivity index (χ1v) is 4.94. The second kappa shape index (κ2) is 2.71. The Morgan fingerprint density at radius 1 is 1.29 bits per heavy atom. The molecule has 14 heavy (non-hydrogen) atoms. The fourth-order valence-electron chi connectivity index (χ4n) is 1.86. The van der Waals surface area contributed by atoms with E-state index in [4.69, 9.17) is 0 Å². The Morgan fingerprint density at radius 3 is 2.86 bits per heavy atom. The number of aldehydes is 1. The van der Waals surface area contributed by atoms with Crippen LogP contribution in [0.2, 0.25) is 0 Å². The third kappa shape index (κ3) is 1.15. The number of hydrogen-bond acceptors (Lipinski definition) is 1. The van der Waals surface area contributed by atoms with Gasteiger partial charge in [0, 0.05) is 22.2 Å². The number of aromatic nitrogens is 1. The van der Waals surface area contributed by atoms with Gasteiger partial charge in [0.25, 0.3) is 0 Å². The molecule has 3 rings (SSSR count). The highest BCUT2D eigenvalue weighted by Gasteiger charge is 2.24. The maximum Gasteiger partial charge on any atom is 0.150 e. The molecule has 0 bridgehead atoms. The van der Waals surface area contributed by atoms with E-state index >= 15 is 0 Å². The average Bonchev–Trinajstić information content (AvgIpc) is 2.97. The fourth-order valence-corrected chi connectivity index (χ4v) is 1.86. The zero-order valence-corrected chi connectivity index (χ0v) is 7.79. The number of benzene rings is 1. The number of fused-ring (bicyclic) bond motifs is 1. The molecular weight excluding hydrogens is 174 g/mol. The molecule has 1 fully saturated rings. The van der Waals surface area contributed by atoms with Gasteiger partial charge < -0.3 is 4.98 Å². The first-order valence-electron chi connectivity index (χ1n) is 4.94. The van der Waals surface area contributed by atoms with E-state index in [9.17, 15) is 4.79 Å². The summed E-state index contributed by atoms with van der Waals surface area (Å²) < 4.78 is 0. The van der Waals surface area contributed by atoms with E-state index in [1.165, 1.54) is 18.5 Å². The molecule has 2 nitrogen and oxygen atoms in total. The van der Waals surface area contributed by atoms with Crippen LogP contribution >= 0.6 is 0 Å². The molecule has 0 atom stereocenters. The summed E-state index contributed by atoms with van der Waals surface area (Å²) in [6.45, 7) is 0. The Morgan fingerprint density at radius 2 is 2.14 bits per heavy atom. The minimum Gasteiger partial charge on any atom is -0.358 e. The maximum absolute atomic E-state index is 10.6. The molecule has 1 heterocycles. The number of aromatic amines is 1. The smallest absolute Gasteiger partial charge is 0.150 e. The van der Waals surface area contributed by atoms with Crippen LogP contribution in [0, 0.1) is 0 Å². The van der Waals surface area contributed by atoms with Crippen molar-refractivity contribution in [1.29, 1.82) is 0 Å². The van der Waals surface area contributed by atoms with Gasteiger partial charge in [-0.1, -0.05) is 0 Å². The molecular formula is C12H11NO.